The molecule has 0 aromatic heterocycles. The van der Waals surface area contributed by atoms with E-state index >= 15 is 0 Å². The fourth-order valence-electron chi connectivity index (χ4n) is 8.49. The van der Waals surface area contributed by atoms with E-state index in [4.69, 9.17) is 14.2 Å². The summed E-state index contributed by atoms with van der Waals surface area (Å²) in [6.07, 6.45) is 74.8. The largest absolute Gasteiger partial charge is 0.462 e. The van der Waals surface area contributed by atoms with Gasteiger partial charge < -0.3 is 14.2 Å². The lowest BCUT2D eigenvalue weighted by Crippen LogP contribution is -2.30. The highest BCUT2D eigenvalue weighted by molar-refractivity contribution is 5.71. The monoisotopic (exact) mass is 977 g/mol. The van der Waals surface area contributed by atoms with Gasteiger partial charge in [-0.1, -0.05) is 273 Å². The lowest BCUT2D eigenvalue weighted by Gasteiger charge is -2.18. The summed E-state index contributed by atoms with van der Waals surface area (Å²) in [5, 5.41) is 0. The first-order chi connectivity index (χ1) is 34.5. The number of hydrogen-bond acceptors (Lipinski definition) is 6. The van der Waals surface area contributed by atoms with Crippen LogP contribution in [-0.2, 0) is 28.6 Å². The SMILES string of the molecule is CC/C=C\C/C=C\C/C=C\C/C=C\C/C=C\CCC(=O)OCC(COC(=O)CCCCCCC/C=C\CCCCCCCCCCC)OC(=O)CCCCCCCCCCCCCCCCCCCC. The maximum absolute atomic E-state index is 12.9. The molecule has 0 aliphatic carbocycles. The Hall–Kier alpha value is -3.15. The summed E-state index contributed by atoms with van der Waals surface area (Å²) in [5.41, 5.74) is 0. The van der Waals surface area contributed by atoms with Crippen LogP contribution in [0.1, 0.15) is 297 Å². The maximum atomic E-state index is 12.9. The van der Waals surface area contributed by atoms with Crippen molar-refractivity contribution in [2.24, 2.45) is 0 Å². The quantitative estimate of drug-likeness (QED) is 0.0261. The maximum Gasteiger partial charge on any atom is 0.306 e. The first kappa shape index (κ1) is 66.9. The molecule has 0 amide bonds. The summed E-state index contributed by atoms with van der Waals surface area (Å²) in [7, 11) is 0. The predicted molar refractivity (Wildman–Crippen MR) is 302 cm³/mol. The molecule has 0 aliphatic rings. The summed E-state index contributed by atoms with van der Waals surface area (Å²) in [6.45, 7) is 6.49. The topological polar surface area (TPSA) is 78.9 Å². The van der Waals surface area contributed by atoms with Gasteiger partial charge in [0.15, 0.2) is 6.10 Å². The molecule has 404 valence electrons. The minimum Gasteiger partial charge on any atom is -0.462 e. The molecule has 0 rings (SSSR count). The molecule has 0 radical (unpaired) electrons. The van der Waals surface area contributed by atoms with E-state index in [2.05, 4.69) is 87.6 Å². The third kappa shape index (κ3) is 55.8. The fraction of sp³-hybridized carbons (Fsp3) is 0.766. The molecule has 0 saturated heterocycles. The summed E-state index contributed by atoms with van der Waals surface area (Å²) in [5.74, 6) is -0.981. The Labute approximate surface area is 433 Å². The number of unbranched alkanes of at least 4 members (excludes halogenated alkanes) is 31. The molecule has 0 saturated carbocycles. The summed E-state index contributed by atoms with van der Waals surface area (Å²) >= 11 is 0. The standard InChI is InChI=1S/C64H112O6/c1-4-7-10-13-16-19-22-25-28-31-33-36-39-42-45-48-51-54-57-63(66)69-60-61(59-68-62(65)56-53-50-47-44-41-38-35-30-27-24-21-18-15-12-9-6-3)70-64(67)58-55-52-49-46-43-40-37-34-32-29-26-23-20-17-14-11-8-5-2/h9,12,18,21,27,30,33,36,38,41,47,50,61H,4-8,10-11,13-17,19-20,22-26,28-29,31-32,34-35,37,39-40,42-46,48-49,51-60H2,1-3H3/b12-9-,21-18-,30-27-,36-33-,41-38-,50-47-. The van der Waals surface area contributed by atoms with E-state index in [1.807, 2.05) is 6.08 Å². The number of carbonyl (C=O) groups excluding carboxylic acids is 3. The number of carbonyl (C=O) groups is 3. The summed E-state index contributed by atoms with van der Waals surface area (Å²) in [4.78, 5) is 38.2. The molecular formula is C64H112O6. The molecule has 1 unspecified atom stereocenters. The lowest BCUT2D eigenvalue weighted by atomic mass is 10.0. The van der Waals surface area contributed by atoms with Gasteiger partial charge in [-0.2, -0.15) is 0 Å². The zero-order chi connectivity index (χ0) is 50.7. The molecule has 70 heavy (non-hydrogen) atoms. The third-order valence-electron chi connectivity index (χ3n) is 13.0. The number of hydrogen-bond donors (Lipinski definition) is 0. The average molecular weight is 978 g/mol. The van der Waals surface area contributed by atoms with Gasteiger partial charge in [-0.3, -0.25) is 14.4 Å². The summed E-state index contributed by atoms with van der Waals surface area (Å²) < 4.78 is 16.8. The number of esters is 3. The van der Waals surface area contributed by atoms with E-state index in [0.717, 1.165) is 77.0 Å². The van der Waals surface area contributed by atoms with Crippen LogP contribution < -0.4 is 0 Å². The first-order valence-corrected chi connectivity index (χ1v) is 29.9. The van der Waals surface area contributed by atoms with Crippen LogP contribution in [0.3, 0.4) is 0 Å². The van der Waals surface area contributed by atoms with Crippen molar-refractivity contribution in [1.82, 2.24) is 0 Å². The molecule has 0 N–H and O–H groups in total. The Morgan fingerprint density at radius 2 is 0.586 bits per heavy atom. The second kappa shape index (κ2) is 58.4. The minimum absolute atomic E-state index is 0.100. The van der Waals surface area contributed by atoms with E-state index in [-0.39, 0.29) is 37.5 Å². The van der Waals surface area contributed by atoms with E-state index in [9.17, 15) is 14.4 Å². The molecule has 0 spiro atoms. The van der Waals surface area contributed by atoms with Gasteiger partial charge in [-0.05, 0) is 77.0 Å². The van der Waals surface area contributed by atoms with Gasteiger partial charge >= 0.3 is 17.9 Å². The molecule has 0 heterocycles. The Morgan fingerprint density at radius 1 is 0.300 bits per heavy atom. The zero-order valence-corrected chi connectivity index (χ0v) is 46.3. The number of ether oxygens (including phenoxy) is 3. The molecule has 1 atom stereocenters. The molecular weight excluding hydrogens is 865 g/mol. The molecule has 6 heteroatoms. The highest BCUT2D eigenvalue weighted by atomic mass is 16.6. The number of rotatable bonds is 54. The Morgan fingerprint density at radius 3 is 0.957 bits per heavy atom. The Balaban J connectivity index is 4.45. The van der Waals surface area contributed by atoms with Crippen LogP contribution in [0, 0.1) is 0 Å². The molecule has 0 aromatic carbocycles. The smallest absolute Gasteiger partial charge is 0.306 e. The van der Waals surface area contributed by atoms with Gasteiger partial charge in [-0.25, -0.2) is 0 Å². The van der Waals surface area contributed by atoms with Crippen molar-refractivity contribution in [2.45, 2.75) is 303 Å². The molecule has 6 nitrogen and oxygen atoms in total. The van der Waals surface area contributed by atoms with Crippen LogP contribution in [-0.4, -0.2) is 37.2 Å². The van der Waals surface area contributed by atoms with Crippen molar-refractivity contribution in [3.8, 4) is 0 Å². The van der Waals surface area contributed by atoms with E-state index in [0.29, 0.717) is 19.3 Å². The van der Waals surface area contributed by atoms with Crippen molar-refractivity contribution in [2.75, 3.05) is 13.2 Å². The molecule has 0 fully saturated rings. The zero-order valence-electron chi connectivity index (χ0n) is 46.3. The van der Waals surface area contributed by atoms with Crippen LogP contribution in [0.5, 0.6) is 0 Å². The first-order valence-electron chi connectivity index (χ1n) is 29.9. The van der Waals surface area contributed by atoms with Crippen molar-refractivity contribution >= 4 is 17.9 Å². The van der Waals surface area contributed by atoms with Crippen LogP contribution >= 0.6 is 0 Å². The molecule has 0 bridgehead atoms. The van der Waals surface area contributed by atoms with Crippen LogP contribution in [0.25, 0.3) is 0 Å². The van der Waals surface area contributed by atoms with Crippen molar-refractivity contribution in [1.29, 1.82) is 0 Å². The van der Waals surface area contributed by atoms with Gasteiger partial charge in [0.05, 0.1) is 0 Å². The Bertz CT molecular complexity index is 1310. The minimum atomic E-state index is -0.807. The van der Waals surface area contributed by atoms with Gasteiger partial charge in [0.2, 0.25) is 0 Å². The number of allylic oxidation sites excluding steroid dienone is 12. The predicted octanol–water partition coefficient (Wildman–Crippen LogP) is 20.2. The normalized spacial score (nSPS) is 12.6. The van der Waals surface area contributed by atoms with Crippen LogP contribution in [0.2, 0.25) is 0 Å². The van der Waals surface area contributed by atoms with E-state index in [1.165, 1.54) is 173 Å². The molecule has 0 aliphatic heterocycles. The highest BCUT2D eigenvalue weighted by Gasteiger charge is 2.19. The van der Waals surface area contributed by atoms with Gasteiger partial charge in [0.25, 0.3) is 0 Å². The van der Waals surface area contributed by atoms with E-state index < -0.39 is 6.10 Å². The second-order valence-corrected chi connectivity index (χ2v) is 19.9. The van der Waals surface area contributed by atoms with Gasteiger partial charge in [-0.15, -0.1) is 0 Å². The van der Waals surface area contributed by atoms with Crippen LogP contribution in [0.15, 0.2) is 72.9 Å². The average Bonchev–Trinajstić information content (AvgIpc) is 3.36. The van der Waals surface area contributed by atoms with Gasteiger partial charge in [0, 0.05) is 19.3 Å². The van der Waals surface area contributed by atoms with Gasteiger partial charge in [0.1, 0.15) is 13.2 Å². The van der Waals surface area contributed by atoms with Crippen molar-refractivity contribution < 1.29 is 28.6 Å². The van der Waals surface area contributed by atoms with Crippen molar-refractivity contribution in [3.63, 3.8) is 0 Å². The molecule has 0 aromatic rings. The summed E-state index contributed by atoms with van der Waals surface area (Å²) in [6, 6.07) is 0. The fourth-order valence-corrected chi connectivity index (χ4v) is 8.49. The van der Waals surface area contributed by atoms with E-state index in [1.54, 1.807) is 0 Å². The highest BCUT2D eigenvalue weighted by Crippen LogP contribution is 2.16. The van der Waals surface area contributed by atoms with Crippen molar-refractivity contribution in [3.05, 3.63) is 72.9 Å². The Kier molecular flexibility index (Phi) is 55.8. The lowest BCUT2D eigenvalue weighted by molar-refractivity contribution is -0.166. The third-order valence-corrected chi connectivity index (χ3v) is 13.0. The van der Waals surface area contributed by atoms with Crippen LogP contribution in [0.4, 0.5) is 0 Å². The second-order valence-electron chi connectivity index (χ2n) is 19.9.